The molecule has 118 valence electrons. The summed E-state index contributed by atoms with van der Waals surface area (Å²) in [6.45, 7) is 4.61. The molecule has 0 aromatic heterocycles. The van der Waals surface area contributed by atoms with Crippen molar-refractivity contribution in [1.29, 1.82) is 0 Å². The number of hydrogen-bond acceptors (Lipinski definition) is 4. The second-order valence-corrected chi connectivity index (χ2v) is 6.89. The summed E-state index contributed by atoms with van der Waals surface area (Å²) >= 11 is 11.7. The molecule has 0 bridgehead atoms. The van der Waals surface area contributed by atoms with Crippen molar-refractivity contribution in [2.24, 2.45) is 5.41 Å². The molecule has 1 fully saturated rings. The second kappa shape index (κ2) is 6.71. The summed E-state index contributed by atoms with van der Waals surface area (Å²) in [6.07, 6.45) is -0.194. The third-order valence-corrected chi connectivity index (χ3v) is 4.89. The molecule has 0 radical (unpaired) electrons. The summed E-state index contributed by atoms with van der Waals surface area (Å²) in [6, 6.07) is 5.20. The van der Waals surface area contributed by atoms with Crippen LogP contribution in [0.15, 0.2) is 18.2 Å². The van der Waals surface area contributed by atoms with Crippen molar-refractivity contribution in [2.45, 2.75) is 38.5 Å². The van der Waals surface area contributed by atoms with Crippen molar-refractivity contribution in [2.75, 3.05) is 13.2 Å². The molecule has 0 aliphatic heterocycles. The maximum absolute atomic E-state index is 9.93. The Morgan fingerprint density at radius 2 is 2.10 bits per heavy atom. The van der Waals surface area contributed by atoms with Crippen molar-refractivity contribution < 1.29 is 14.9 Å². The molecule has 6 heteroatoms. The van der Waals surface area contributed by atoms with Crippen molar-refractivity contribution in [1.82, 2.24) is 5.32 Å². The summed E-state index contributed by atoms with van der Waals surface area (Å²) in [5.74, 6) is 0.572. The Labute approximate surface area is 135 Å². The molecule has 1 aromatic rings. The van der Waals surface area contributed by atoms with Gasteiger partial charge >= 0.3 is 0 Å². The van der Waals surface area contributed by atoms with Crippen molar-refractivity contribution >= 4 is 23.2 Å². The van der Waals surface area contributed by atoms with E-state index in [9.17, 15) is 10.2 Å². The number of aliphatic hydroxyl groups is 2. The maximum Gasteiger partial charge on any atom is 0.121 e. The van der Waals surface area contributed by atoms with Gasteiger partial charge in [0.15, 0.2) is 0 Å². The lowest BCUT2D eigenvalue weighted by molar-refractivity contribution is -0.0755. The van der Waals surface area contributed by atoms with E-state index in [4.69, 9.17) is 27.9 Å². The molecule has 0 saturated heterocycles. The molecule has 1 aromatic carbocycles. The zero-order valence-corrected chi connectivity index (χ0v) is 13.7. The molecule has 1 aliphatic carbocycles. The summed E-state index contributed by atoms with van der Waals surface area (Å²) in [4.78, 5) is 0. The highest BCUT2D eigenvalue weighted by Gasteiger charge is 2.46. The van der Waals surface area contributed by atoms with Crippen LogP contribution < -0.4 is 10.1 Å². The Morgan fingerprint density at radius 1 is 1.38 bits per heavy atom. The Hall–Kier alpha value is -0.520. The Balaban J connectivity index is 1.73. The predicted octanol–water partition coefficient (Wildman–Crippen LogP) is 2.48. The van der Waals surface area contributed by atoms with E-state index in [2.05, 4.69) is 5.32 Å². The lowest BCUT2D eigenvalue weighted by atomic mass is 9.64. The molecule has 1 saturated carbocycles. The average Bonchev–Trinajstić information content (AvgIpc) is 2.44. The van der Waals surface area contributed by atoms with Gasteiger partial charge in [-0.3, -0.25) is 0 Å². The second-order valence-electron chi connectivity index (χ2n) is 6.07. The summed E-state index contributed by atoms with van der Waals surface area (Å²) in [5.41, 5.74) is -0.149. The van der Waals surface area contributed by atoms with Crippen LogP contribution in [0.2, 0.25) is 10.0 Å². The molecular formula is C15H21Cl2NO3. The van der Waals surface area contributed by atoms with Crippen LogP contribution in [0.5, 0.6) is 5.75 Å². The molecule has 3 atom stereocenters. The van der Waals surface area contributed by atoms with Gasteiger partial charge in [-0.15, -0.1) is 0 Å². The van der Waals surface area contributed by atoms with Gasteiger partial charge in [-0.25, -0.2) is 0 Å². The van der Waals surface area contributed by atoms with E-state index < -0.39 is 6.10 Å². The lowest BCUT2D eigenvalue weighted by Crippen LogP contribution is -2.61. The van der Waals surface area contributed by atoms with E-state index >= 15 is 0 Å². The largest absolute Gasteiger partial charge is 0.491 e. The fourth-order valence-corrected chi connectivity index (χ4v) is 2.63. The topological polar surface area (TPSA) is 61.7 Å². The zero-order chi connectivity index (χ0) is 15.6. The number of nitrogens with one attached hydrogen (secondary N) is 1. The minimum absolute atomic E-state index is 0.149. The number of rotatable bonds is 6. The van der Waals surface area contributed by atoms with E-state index in [0.29, 0.717) is 28.8 Å². The number of ether oxygens (including phenoxy) is 1. The van der Waals surface area contributed by atoms with Gasteiger partial charge in [0, 0.05) is 24.1 Å². The Morgan fingerprint density at radius 3 is 2.67 bits per heavy atom. The predicted molar refractivity (Wildman–Crippen MR) is 84.2 cm³/mol. The quantitative estimate of drug-likeness (QED) is 0.748. The normalized spacial score (nSPS) is 25.2. The molecule has 4 nitrogen and oxygen atoms in total. The number of halogens is 2. The number of benzene rings is 1. The highest BCUT2D eigenvalue weighted by atomic mass is 35.5. The number of aliphatic hydroxyl groups excluding tert-OH is 2. The van der Waals surface area contributed by atoms with Gasteiger partial charge in [0.05, 0.1) is 16.1 Å². The van der Waals surface area contributed by atoms with Gasteiger partial charge in [0.1, 0.15) is 18.5 Å². The van der Waals surface area contributed by atoms with Crippen LogP contribution in [0.1, 0.15) is 20.3 Å². The average molecular weight is 334 g/mol. The first-order chi connectivity index (χ1) is 9.80. The molecule has 21 heavy (non-hydrogen) atoms. The summed E-state index contributed by atoms with van der Waals surface area (Å²) in [7, 11) is 0. The van der Waals surface area contributed by atoms with E-state index in [1.54, 1.807) is 18.2 Å². The highest BCUT2D eigenvalue weighted by molar-refractivity contribution is 6.42. The Kier molecular flexibility index (Phi) is 5.38. The van der Waals surface area contributed by atoms with Crippen LogP contribution in [0.4, 0.5) is 0 Å². The molecule has 3 unspecified atom stereocenters. The number of hydrogen-bond donors (Lipinski definition) is 3. The van der Waals surface area contributed by atoms with Crippen LogP contribution >= 0.6 is 23.2 Å². The summed E-state index contributed by atoms with van der Waals surface area (Å²) < 4.78 is 5.48. The van der Waals surface area contributed by atoms with Crippen LogP contribution in [-0.2, 0) is 0 Å². The molecule has 0 spiro atoms. The van der Waals surface area contributed by atoms with Crippen molar-refractivity contribution in [3.8, 4) is 5.75 Å². The van der Waals surface area contributed by atoms with Gasteiger partial charge < -0.3 is 20.3 Å². The van der Waals surface area contributed by atoms with Gasteiger partial charge in [0.25, 0.3) is 0 Å². The van der Waals surface area contributed by atoms with Crippen LogP contribution in [0.25, 0.3) is 0 Å². The third kappa shape index (κ3) is 4.02. The van der Waals surface area contributed by atoms with E-state index in [0.717, 1.165) is 0 Å². The van der Waals surface area contributed by atoms with Gasteiger partial charge in [-0.1, -0.05) is 37.0 Å². The fourth-order valence-electron chi connectivity index (χ4n) is 2.35. The van der Waals surface area contributed by atoms with Crippen LogP contribution in [0, 0.1) is 5.41 Å². The highest BCUT2D eigenvalue weighted by Crippen LogP contribution is 2.40. The lowest BCUT2D eigenvalue weighted by Gasteiger charge is -2.49. The molecule has 2 rings (SSSR count). The van der Waals surface area contributed by atoms with E-state index in [1.807, 2.05) is 13.8 Å². The first-order valence-corrected chi connectivity index (χ1v) is 7.73. The maximum atomic E-state index is 9.93. The monoisotopic (exact) mass is 333 g/mol. The SMILES string of the molecule is CC1(C)C(O)CC1NCC(O)COc1ccc(Cl)c(Cl)c1. The molecular weight excluding hydrogens is 313 g/mol. The molecule has 0 heterocycles. The van der Waals surface area contributed by atoms with E-state index in [-0.39, 0.29) is 24.2 Å². The van der Waals surface area contributed by atoms with Gasteiger partial charge in [-0.2, -0.15) is 0 Å². The third-order valence-electron chi connectivity index (χ3n) is 4.15. The summed E-state index contributed by atoms with van der Waals surface area (Å²) in [5, 5.41) is 23.7. The van der Waals surface area contributed by atoms with Crippen molar-refractivity contribution in [3.63, 3.8) is 0 Å². The molecule has 0 amide bonds. The van der Waals surface area contributed by atoms with Crippen LogP contribution in [-0.4, -0.2) is 41.6 Å². The van der Waals surface area contributed by atoms with Crippen molar-refractivity contribution in [3.05, 3.63) is 28.2 Å². The standard InChI is InChI=1S/C15H21Cl2NO3/c1-15(2)13(6-14(15)20)18-7-9(19)8-21-10-3-4-11(16)12(17)5-10/h3-5,9,13-14,18-20H,6-8H2,1-2H3. The minimum atomic E-state index is -0.631. The zero-order valence-electron chi connectivity index (χ0n) is 12.1. The van der Waals surface area contributed by atoms with E-state index in [1.165, 1.54) is 0 Å². The Bertz CT molecular complexity index is 496. The molecule has 1 aliphatic rings. The fraction of sp³-hybridized carbons (Fsp3) is 0.600. The van der Waals surface area contributed by atoms with Crippen LogP contribution in [0.3, 0.4) is 0 Å². The first kappa shape index (κ1) is 16.8. The first-order valence-electron chi connectivity index (χ1n) is 6.98. The van der Waals surface area contributed by atoms with Gasteiger partial charge in [-0.05, 0) is 18.6 Å². The molecule has 3 N–H and O–H groups in total. The minimum Gasteiger partial charge on any atom is -0.491 e. The smallest absolute Gasteiger partial charge is 0.121 e. The van der Waals surface area contributed by atoms with Gasteiger partial charge in [0.2, 0.25) is 0 Å².